The summed E-state index contributed by atoms with van der Waals surface area (Å²) in [6.07, 6.45) is 0.0813. The first-order chi connectivity index (χ1) is 5.66. The third kappa shape index (κ3) is 0.884. The van der Waals surface area contributed by atoms with E-state index in [1.807, 2.05) is 5.32 Å². The summed E-state index contributed by atoms with van der Waals surface area (Å²) in [5.74, 6) is -1.14. The smallest absolute Gasteiger partial charge is 0.313 e. The SMILES string of the molecule is O=C1CC2C(=O)NC(=O)N=C2N1. The van der Waals surface area contributed by atoms with Crippen molar-refractivity contribution < 1.29 is 14.4 Å². The molecule has 2 aliphatic heterocycles. The van der Waals surface area contributed by atoms with Crippen LogP contribution in [-0.4, -0.2) is 23.7 Å². The number of imide groups is 1. The highest BCUT2D eigenvalue weighted by molar-refractivity contribution is 6.23. The summed E-state index contributed by atoms with van der Waals surface area (Å²) >= 11 is 0. The van der Waals surface area contributed by atoms with Crippen LogP contribution < -0.4 is 10.6 Å². The summed E-state index contributed by atoms with van der Waals surface area (Å²) in [5.41, 5.74) is 0. The van der Waals surface area contributed by atoms with Crippen LogP contribution in [0, 0.1) is 5.92 Å². The van der Waals surface area contributed by atoms with Gasteiger partial charge in [0.05, 0.1) is 0 Å². The van der Waals surface area contributed by atoms with Crippen molar-refractivity contribution in [1.82, 2.24) is 10.6 Å². The first kappa shape index (κ1) is 6.96. The molecule has 2 heterocycles. The maximum absolute atomic E-state index is 11.0. The van der Waals surface area contributed by atoms with Crippen molar-refractivity contribution in [2.24, 2.45) is 10.9 Å². The average Bonchev–Trinajstić information content (AvgIpc) is 2.29. The number of fused-ring (bicyclic) bond motifs is 1. The summed E-state index contributed by atoms with van der Waals surface area (Å²) in [5, 5.41) is 4.36. The van der Waals surface area contributed by atoms with Crippen LogP contribution in [0.4, 0.5) is 4.79 Å². The number of aliphatic imine (C=N–C) groups is 1. The molecule has 1 unspecified atom stereocenters. The molecule has 12 heavy (non-hydrogen) atoms. The fourth-order valence-corrected chi connectivity index (χ4v) is 1.22. The van der Waals surface area contributed by atoms with Gasteiger partial charge in [0.25, 0.3) is 0 Å². The molecule has 0 aliphatic carbocycles. The normalized spacial score (nSPS) is 27.5. The Morgan fingerprint density at radius 2 is 2.00 bits per heavy atom. The van der Waals surface area contributed by atoms with E-state index in [-0.39, 0.29) is 18.2 Å². The minimum atomic E-state index is -0.714. The molecular weight excluding hydrogens is 162 g/mol. The minimum absolute atomic E-state index is 0.0813. The molecule has 0 spiro atoms. The molecule has 2 rings (SSSR count). The Bertz CT molecular complexity index is 320. The van der Waals surface area contributed by atoms with Crippen molar-refractivity contribution in [3.8, 4) is 0 Å². The number of rotatable bonds is 0. The lowest BCUT2D eigenvalue weighted by atomic mass is 10.1. The third-order valence-electron chi connectivity index (χ3n) is 1.76. The predicted octanol–water partition coefficient (Wildman–Crippen LogP) is -1.23. The van der Waals surface area contributed by atoms with Gasteiger partial charge in [0.1, 0.15) is 11.8 Å². The Morgan fingerprint density at radius 3 is 2.75 bits per heavy atom. The Morgan fingerprint density at radius 1 is 1.25 bits per heavy atom. The first-order valence-electron chi connectivity index (χ1n) is 3.40. The lowest BCUT2D eigenvalue weighted by molar-refractivity contribution is -0.125. The number of urea groups is 1. The van der Waals surface area contributed by atoms with Gasteiger partial charge in [0, 0.05) is 6.42 Å². The van der Waals surface area contributed by atoms with E-state index in [4.69, 9.17) is 0 Å². The van der Waals surface area contributed by atoms with Crippen LogP contribution in [0.15, 0.2) is 4.99 Å². The summed E-state index contributed by atoms with van der Waals surface area (Å²) in [4.78, 5) is 35.9. The van der Waals surface area contributed by atoms with Gasteiger partial charge < -0.3 is 5.32 Å². The zero-order valence-electron chi connectivity index (χ0n) is 5.96. The highest BCUT2D eigenvalue weighted by Gasteiger charge is 2.38. The molecule has 0 aromatic heterocycles. The summed E-state index contributed by atoms with van der Waals surface area (Å²) in [7, 11) is 0. The van der Waals surface area contributed by atoms with E-state index < -0.39 is 17.9 Å². The number of amidine groups is 1. The van der Waals surface area contributed by atoms with E-state index in [0.717, 1.165) is 0 Å². The molecule has 0 saturated carbocycles. The van der Waals surface area contributed by atoms with Gasteiger partial charge in [-0.2, -0.15) is 4.99 Å². The molecule has 2 N–H and O–H groups in total. The predicted molar refractivity (Wildman–Crippen MR) is 37.2 cm³/mol. The third-order valence-corrected chi connectivity index (χ3v) is 1.76. The Kier molecular flexibility index (Phi) is 1.24. The lowest BCUT2D eigenvalue weighted by Gasteiger charge is -2.12. The molecule has 0 bridgehead atoms. The standard InChI is InChI=1S/C6H5N3O3/c10-3-1-2-4(7-3)8-6(12)9-5(2)11/h2H,1H2,(H2,7,8,9,10,11,12). The molecule has 1 fully saturated rings. The maximum Gasteiger partial charge on any atom is 0.349 e. The van der Waals surface area contributed by atoms with Crippen molar-refractivity contribution in [2.45, 2.75) is 6.42 Å². The molecule has 6 nitrogen and oxygen atoms in total. The van der Waals surface area contributed by atoms with Gasteiger partial charge in [-0.05, 0) is 0 Å². The summed E-state index contributed by atoms with van der Waals surface area (Å²) in [6, 6.07) is -0.714. The second kappa shape index (κ2) is 2.13. The largest absolute Gasteiger partial charge is 0.349 e. The maximum atomic E-state index is 11.0. The molecule has 0 aromatic rings. The molecule has 4 amide bonds. The average molecular weight is 167 g/mol. The fourth-order valence-electron chi connectivity index (χ4n) is 1.22. The van der Waals surface area contributed by atoms with Crippen molar-refractivity contribution >= 4 is 23.7 Å². The van der Waals surface area contributed by atoms with Crippen molar-refractivity contribution in [2.75, 3.05) is 0 Å². The summed E-state index contributed by atoms with van der Waals surface area (Å²) < 4.78 is 0. The van der Waals surface area contributed by atoms with E-state index in [1.165, 1.54) is 0 Å². The topological polar surface area (TPSA) is 87.6 Å². The van der Waals surface area contributed by atoms with Crippen molar-refractivity contribution in [1.29, 1.82) is 0 Å². The lowest BCUT2D eigenvalue weighted by Crippen LogP contribution is -2.43. The molecule has 2 aliphatic rings. The molecule has 1 saturated heterocycles. The quantitative estimate of drug-likeness (QED) is 0.473. The minimum Gasteiger partial charge on any atom is -0.313 e. The second-order valence-electron chi connectivity index (χ2n) is 2.60. The number of nitrogens with one attached hydrogen (secondary N) is 2. The van der Waals surface area contributed by atoms with Gasteiger partial charge in [-0.3, -0.25) is 14.9 Å². The van der Waals surface area contributed by atoms with Gasteiger partial charge in [0.15, 0.2) is 0 Å². The molecule has 1 atom stereocenters. The van der Waals surface area contributed by atoms with Crippen molar-refractivity contribution in [3.63, 3.8) is 0 Å². The van der Waals surface area contributed by atoms with Gasteiger partial charge in [-0.1, -0.05) is 0 Å². The number of amides is 4. The molecule has 62 valence electrons. The second-order valence-corrected chi connectivity index (χ2v) is 2.60. The number of hydrogen-bond acceptors (Lipinski definition) is 3. The van der Waals surface area contributed by atoms with Gasteiger partial charge in [-0.15, -0.1) is 0 Å². The van der Waals surface area contributed by atoms with Crippen LogP contribution in [0.3, 0.4) is 0 Å². The van der Waals surface area contributed by atoms with Crippen LogP contribution >= 0.6 is 0 Å². The number of hydrogen-bond donors (Lipinski definition) is 2. The van der Waals surface area contributed by atoms with E-state index >= 15 is 0 Å². The monoisotopic (exact) mass is 167 g/mol. The summed E-state index contributed by atoms with van der Waals surface area (Å²) in [6.45, 7) is 0. The van der Waals surface area contributed by atoms with Crippen LogP contribution in [-0.2, 0) is 9.59 Å². The Balaban J connectivity index is 2.37. The zero-order valence-corrected chi connectivity index (χ0v) is 5.96. The van der Waals surface area contributed by atoms with Gasteiger partial charge >= 0.3 is 6.03 Å². The molecular formula is C6H5N3O3. The fraction of sp³-hybridized carbons (Fsp3) is 0.333. The van der Waals surface area contributed by atoms with Crippen molar-refractivity contribution in [3.05, 3.63) is 0 Å². The van der Waals surface area contributed by atoms with E-state index in [9.17, 15) is 14.4 Å². The molecule has 6 heteroatoms. The number of nitrogens with zero attached hydrogens (tertiary/aromatic N) is 1. The number of carbonyl (C=O) groups excluding carboxylic acids is 3. The van der Waals surface area contributed by atoms with Crippen LogP contribution in [0.1, 0.15) is 6.42 Å². The van der Waals surface area contributed by atoms with Crippen LogP contribution in [0.5, 0.6) is 0 Å². The first-order valence-corrected chi connectivity index (χ1v) is 3.40. The Hall–Kier alpha value is -1.72. The van der Waals surface area contributed by atoms with Gasteiger partial charge in [0.2, 0.25) is 11.8 Å². The molecule has 0 aromatic carbocycles. The highest BCUT2D eigenvalue weighted by atomic mass is 16.2. The van der Waals surface area contributed by atoms with Crippen LogP contribution in [0.2, 0.25) is 0 Å². The van der Waals surface area contributed by atoms with E-state index in [0.29, 0.717) is 0 Å². The zero-order chi connectivity index (χ0) is 8.72. The van der Waals surface area contributed by atoms with Crippen LogP contribution in [0.25, 0.3) is 0 Å². The number of carbonyl (C=O) groups is 3. The Labute approximate surface area is 67.0 Å². The van der Waals surface area contributed by atoms with E-state index in [1.54, 1.807) is 0 Å². The molecule has 0 radical (unpaired) electrons. The van der Waals surface area contributed by atoms with Gasteiger partial charge in [-0.25, -0.2) is 4.79 Å². The van der Waals surface area contributed by atoms with E-state index in [2.05, 4.69) is 10.3 Å². The highest BCUT2D eigenvalue weighted by Crippen LogP contribution is 2.14.